The van der Waals surface area contributed by atoms with Crippen LogP contribution >= 0.6 is 11.3 Å². The van der Waals surface area contributed by atoms with Crippen molar-refractivity contribution in [2.45, 2.75) is 19.6 Å². The number of thiazole rings is 1. The molecule has 1 heterocycles. The first-order chi connectivity index (χ1) is 12.9. The van der Waals surface area contributed by atoms with Gasteiger partial charge in [0.15, 0.2) is 4.80 Å². The van der Waals surface area contributed by atoms with Gasteiger partial charge in [-0.15, -0.1) is 0 Å². The van der Waals surface area contributed by atoms with Gasteiger partial charge in [0.05, 0.1) is 22.4 Å². The molecule has 0 unspecified atom stereocenters. The van der Waals surface area contributed by atoms with E-state index in [0.29, 0.717) is 24.6 Å². The smallest absolute Gasteiger partial charge is 0.380 e. The van der Waals surface area contributed by atoms with E-state index in [0.717, 1.165) is 34.5 Å². The lowest BCUT2D eigenvalue weighted by Gasteiger charge is -2.06. The number of nitrogens with zero attached hydrogens (tertiary/aromatic N) is 2. The first kappa shape index (κ1) is 19.3. The number of para-hydroxylation sites is 1. The molecular formula is C19H17F3N2O2S. The van der Waals surface area contributed by atoms with E-state index in [-0.39, 0.29) is 5.56 Å². The molecule has 3 rings (SSSR count). The van der Waals surface area contributed by atoms with Crippen molar-refractivity contribution in [1.82, 2.24) is 4.57 Å². The Morgan fingerprint density at radius 2 is 1.85 bits per heavy atom. The molecule has 0 saturated heterocycles. The second-order valence-electron chi connectivity index (χ2n) is 5.69. The Bertz CT molecular complexity index is 1000. The first-order valence-electron chi connectivity index (χ1n) is 8.32. The number of carbonyl (C=O) groups is 1. The Kier molecular flexibility index (Phi) is 5.76. The Balaban J connectivity index is 1.96. The molecule has 0 aliphatic heterocycles. The molecule has 3 aromatic rings. The number of rotatable bonds is 5. The summed E-state index contributed by atoms with van der Waals surface area (Å²) in [6, 6.07) is 11.7. The van der Waals surface area contributed by atoms with Crippen LogP contribution in [0.15, 0.2) is 53.5 Å². The van der Waals surface area contributed by atoms with E-state index in [2.05, 4.69) is 4.99 Å². The van der Waals surface area contributed by atoms with E-state index in [1.54, 1.807) is 0 Å². The van der Waals surface area contributed by atoms with Gasteiger partial charge in [0.2, 0.25) is 0 Å². The van der Waals surface area contributed by atoms with Crippen LogP contribution in [0.1, 0.15) is 22.8 Å². The molecule has 0 atom stereocenters. The molecule has 1 amide bonds. The molecule has 1 aromatic heterocycles. The van der Waals surface area contributed by atoms with Crippen LogP contribution in [0.3, 0.4) is 0 Å². The number of fused-ring (bicyclic) bond motifs is 1. The van der Waals surface area contributed by atoms with Crippen LogP contribution in [0.2, 0.25) is 0 Å². The van der Waals surface area contributed by atoms with Gasteiger partial charge in [0.25, 0.3) is 5.91 Å². The fourth-order valence-electron chi connectivity index (χ4n) is 2.58. The lowest BCUT2D eigenvalue weighted by Crippen LogP contribution is -2.19. The molecule has 2 aromatic carbocycles. The first-order valence-corrected chi connectivity index (χ1v) is 9.14. The molecule has 0 radical (unpaired) electrons. The molecule has 4 nitrogen and oxygen atoms in total. The summed E-state index contributed by atoms with van der Waals surface area (Å²) in [6.45, 7) is 3.48. The third-order valence-corrected chi connectivity index (χ3v) is 4.97. The number of hydrogen-bond donors (Lipinski definition) is 0. The van der Waals surface area contributed by atoms with Crippen molar-refractivity contribution in [2.24, 2.45) is 4.99 Å². The highest BCUT2D eigenvalue weighted by Gasteiger charge is 2.30. The second-order valence-corrected chi connectivity index (χ2v) is 6.70. The monoisotopic (exact) mass is 394 g/mol. The number of halogens is 3. The average Bonchev–Trinajstić information content (AvgIpc) is 2.99. The van der Waals surface area contributed by atoms with E-state index >= 15 is 0 Å². The van der Waals surface area contributed by atoms with Crippen molar-refractivity contribution in [3.8, 4) is 0 Å². The van der Waals surface area contributed by atoms with E-state index in [9.17, 15) is 18.0 Å². The largest absolute Gasteiger partial charge is 0.416 e. The summed E-state index contributed by atoms with van der Waals surface area (Å²) in [7, 11) is 0. The fraction of sp³-hybridized carbons (Fsp3) is 0.263. The van der Waals surface area contributed by atoms with Crippen molar-refractivity contribution >= 4 is 27.5 Å². The normalized spacial score (nSPS) is 12.7. The Morgan fingerprint density at radius 3 is 2.52 bits per heavy atom. The van der Waals surface area contributed by atoms with Crippen LogP contribution in [0, 0.1) is 0 Å². The lowest BCUT2D eigenvalue weighted by molar-refractivity contribution is -0.137. The minimum Gasteiger partial charge on any atom is -0.380 e. The lowest BCUT2D eigenvalue weighted by atomic mass is 10.1. The summed E-state index contributed by atoms with van der Waals surface area (Å²) >= 11 is 1.35. The zero-order valence-corrected chi connectivity index (χ0v) is 15.3. The van der Waals surface area contributed by atoms with Gasteiger partial charge in [0, 0.05) is 18.7 Å². The Morgan fingerprint density at radius 1 is 1.15 bits per heavy atom. The van der Waals surface area contributed by atoms with Crippen molar-refractivity contribution < 1.29 is 22.7 Å². The predicted molar refractivity (Wildman–Crippen MR) is 97.6 cm³/mol. The number of amides is 1. The summed E-state index contributed by atoms with van der Waals surface area (Å²) in [4.78, 5) is 17.1. The third-order valence-electron chi connectivity index (χ3n) is 3.91. The van der Waals surface area contributed by atoms with Gasteiger partial charge in [-0.1, -0.05) is 23.5 Å². The van der Waals surface area contributed by atoms with Crippen LogP contribution in [-0.2, 0) is 17.5 Å². The molecule has 142 valence electrons. The highest BCUT2D eigenvalue weighted by molar-refractivity contribution is 7.16. The van der Waals surface area contributed by atoms with E-state index in [1.807, 2.05) is 35.8 Å². The number of aromatic nitrogens is 1. The molecule has 27 heavy (non-hydrogen) atoms. The summed E-state index contributed by atoms with van der Waals surface area (Å²) in [6.07, 6.45) is -4.44. The fourth-order valence-corrected chi connectivity index (χ4v) is 3.63. The molecule has 0 saturated carbocycles. The maximum Gasteiger partial charge on any atom is 0.416 e. The number of hydrogen-bond acceptors (Lipinski definition) is 3. The standard InChI is InChI=1S/C19H17F3N2O2S/c1-2-26-12-11-24-15-5-3-4-6-16(15)27-18(24)23-17(25)13-7-9-14(10-8-13)19(20,21)22/h3-10H,2,11-12H2,1H3. The van der Waals surface area contributed by atoms with E-state index in [4.69, 9.17) is 4.74 Å². The summed E-state index contributed by atoms with van der Waals surface area (Å²) in [5.74, 6) is -0.583. The van der Waals surface area contributed by atoms with Gasteiger partial charge >= 0.3 is 6.18 Å². The SMILES string of the molecule is CCOCCn1c(=NC(=O)c2ccc(C(F)(F)F)cc2)sc2ccccc21. The third kappa shape index (κ3) is 4.45. The Hall–Kier alpha value is -2.45. The number of alkyl halides is 3. The minimum absolute atomic E-state index is 0.108. The number of benzene rings is 2. The molecule has 0 fully saturated rings. The van der Waals surface area contributed by atoms with Crippen LogP contribution in [0.4, 0.5) is 13.2 Å². The maximum atomic E-state index is 12.7. The van der Waals surface area contributed by atoms with Crippen LogP contribution < -0.4 is 4.80 Å². The summed E-state index contributed by atoms with van der Waals surface area (Å²) in [5, 5.41) is 0. The van der Waals surface area contributed by atoms with Gasteiger partial charge in [-0.25, -0.2) is 0 Å². The molecule has 8 heteroatoms. The van der Waals surface area contributed by atoms with E-state index in [1.165, 1.54) is 11.3 Å². The minimum atomic E-state index is -4.44. The van der Waals surface area contributed by atoms with Gasteiger partial charge in [-0.05, 0) is 43.3 Å². The molecule has 0 spiro atoms. The molecule has 0 aliphatic carbocycles. The van der Waals surface area contributed by atoms with Gasteiger partial charge in [0.1, 0.15) is 0 Å². The zero-order valence-electron chi connectivity index (χ0n) is 14.5. The van der Waals surface area contributed by atoms with Crippen molar-refractivity contribution in [3.63, 3.8) is 0 Å². The molecule has 0 bridgehead atoms. The Labute approximate surface area is 157 Å². The topological polar surface area (TPSA) is 43.6 Å². The second kappa shape index (κ2) is 8.06. The quantitative estimate of drug-likeness (QED) is 0.598. The average molecular weight is 394 g/mol. The van der Waals surface area contributed by atoms with Crippen LogP contribution in [-0.4, -0.2) is 23.7 Å². The van der Waals surface area contributed by atoms with Gasteiger partial charge < -0.3 is 9.30 Å². The summed E-state index contributed by atoms with van der Waals surface area (Å²) < 4.78 is 46.2. The highest BCUT2D eigenvalue weighted by atomic mass is 32.1. The van der Waals surface area contributed by atoms with E-state index < -0.39 is 17.6 Å². The predicted octanol–water partition coefficient (Wildman–Crippen LogP) is 4.50. The van der Waals surface area contributed by atoms with Crippen LogP contribution in [0.25, 0.3) is 10.2 Å². The molecule has 0 N–H and O–H groups in total. The zero-order chi connectivity index (χ0) is 19.4. The van der Waals surface area contributed by atoms with Gasteiger partial charge in [-0.2, -0.15) is 18.2 Å². The summed E-state index contributed by atoms with van der Waals surface area (Å²) in [5.41, 5.74) is 0.241. The molecular weight excluding hydrogens is 377 g/mol. The number of carbonyl (C=O) groups excluding carboxylic acids is 1. The molecule has 0 aliphatic rings. The maximum absolute atomic E-state index is 12.7. The van der Waals surface area contributed by atoms with Crippen molar-refractivity contribution in [3.05, 3.63) is 64.5 Å². The van der Waals surface area contributed by atoms with Crippen molar-refractivity contribution in [2.75, 3.05) is 13.2 Å². The van der Waals surface area contributed by atoms with Crippen molar-refractivity contribution in [1.29, 1.82) is 0 Å². The highest BCUT2D eigenvalue weighted by Crippen LogP contribution is 2.29. The number of ether oxygens (including phenoxy) is 1. The van der Waals surface area contributed by atoms with Crippen LogP contribution in [0.5, 0.6) is 0 Å². The van der Waals surface area contributed by atoms with Gasteiger partial charge in [-0.3, -0.25) is 4.79 Å².